The Balaban J connectivity index is 2.19. The molecule has 0 aliphatic heterocycles. The monoisotopic (exact) mass is 330 g/mol. The molecule has 0 saturated carbocycles. The molecule has 1 heterocycles. The topological polar surface area (TPSA) is 49.4 Å². The molecule has 122 valence electrons. The lowest BCUT2D eigenvalue weighted by Gasteiger charge is -2.21. The van der Waals surface area contributed by atoms with Crippen molar-refractivity contribution in [3.05, 3.63) is 46.7 Å². The fourth-order valence-electron chi connectivity index (χ4n) is 2.33. The predicted molar refractivity (Wildman–Crippen MR) is 94.6 cm³/mol. The molecule has 5 heteroatoms. The second-order valence-electron chi connectivity index (χ2n) is 5.57. The molecule has 0 unspecified atom stereocenters. The summed E-state index contributed by atoms with van der Waals surface area (Å²) in [5.41, 5.74) is 1.93. The summed E-state index contributed by atoms with van der Waals surface area (Å²) in [4.78, 5) is 27.0. The van der Waals surface area contributed by atoms with E-state index in [1.165, 1.54) is 11.3 Å². The van der Waals surface area contributed by atoms with Gasteiger partial charge in [-0.25, -0.2) is 0 Å². The molecule has 1 aromatic carbocycles. The quantitative estimate of drug-likeness (QED) is 0.882. The van der Waals surface area contributed by atoms with Gasteiger partial charge in [-0.05, 0) is 37.8 Å². The number of hydrogen-bond acceptors (Lipinski definition) is 3. The molecule has 1 aromatic heterocycles. The number of benzene rings is 1. The van der Waals surface area contributed by atoms with Crippen LogP contribution in [0.4, 0.5) is 0 Å². The van der Waals surface area contributed by atoms with E-state index in [1.807, 2.05) is 62.5 Å². The Morgan fingerprint density at radius 1 is 1.17 bits per heavy atom. The Hall–Kier alpha value is -2.14. The van der Waals surface area contributed by atoms with Gasteiger partial charge < -0.3 is 10.2 Å². The lowest BCUT2D eigenvalue weighted by Crippen LogP contribution is -2.42. The van der Waals surface area contributed by atoms with Crippen molar-refractivity contribution in [2.75, 3.05) is 13.1 Å². The molecule has 0 radical (unpaired) electrons. The van der Waals surface area contributed by atoms with E-state index in [4.69, 9.17) is 0 Å². The summed E-state index contributed by atoms with van der Waals surface area (Å²) in [6.07, 6.45) is 0. The number of hydrogen-bond donors (Lipinski definition) is 1. The normalized spacial score (nSPS) is 10.6. The van der Waals surface area contributed by atoms with Gasteiger partial charge in [-0.1, -0.05) is 30.3 Å². The molecule has 2 amide bonds. The number of thiophene rings is 1. The smallest absolute Gasteiger partial charge is 0.265 e. The number of nitrogens with one attached hydrogen (secondary N) is 1. The first-order valence-corrected chi connectivity index (χ1v) is 8.62. The molecule has 0 aliphatic rings. The van der Waals surface area contributed by atoms with E-state index in [1.54, 1.807) is 4.90 Å². The SMILES string of the molecule is CCN(CC(=O)NC(C)C)C(=O)c1sccc1-c1ccccc1. The summed E-state index contributed by atoms with van der Waals surface area (Å²) in [7, 11) is 0. The predicted octanol–water partition coefficient (Wildman–Crippen LogP) is 3.40. The first-order valence-electron chi connectivity index (χ1n) is 7.74. The van der Waals surface area contributed by atoms with Crippen LogP contribution in [0.25, 0.3) is 11.1 Å². The Morgan fingerprint density at radius 3 is 2.48 bits per heavy atom. The molecule has 4 nitrogen and oxygen atoms in total. The average Bonchev–Trinajstić information content (AvgIpc) is 3.01. The van der Waals surface area contributed by atoms with Gasteiger partial charge in [0.15, 0.2) is 0 Å². The number of amides is 2. The molecule has 2 rings (SSSR count). The van der Waals surface area contributed by atoms with E-state index in [0.717, 1.165) is 11.1 Å². The third-order valence-electron chi connectivity index (χ3n) is 3.40. The highest BCUT2D eigenvalue weighted by molar-refractivity contribution is 7.12. The van der Waals surface area contributed by atoms with Crippen molar-refractivity contribution < 1.29 is 9.59 Å². The third-order valence-corrected chi connectivity index (χ3v) is 4.30. The van der Waals surface area contributed by atoms with Gasteiger partial charge in [0, 0.05) is 18.2 Å². The molecule has 0 aliphatic carbocycles. The Morgan fingerprint density at radius 2 is 1.87 bits per heavy atom. The van der Waals surface area contributed by atoms with Gasteiger partial charge in [0.05, 0.1) is 11.4 Å². The fraction of sp³-hybridized carbons (Fsp3) is 0.333. The van der Waals surface area contributed by atoms with E-state index >= 15 is 0 Å². The summed E-state index contributed by atoms with van der Waals surface area (Å²) in [6.45, 7) is 6.28. The number of carbonyl (C=O) groups is 2. The lowest BCUT2D eigenvalue weighted by molar-refractivity contribution is -0.122. The van der Waals surface area contributed by atoms with Gasteiger partial charge in [-0.2, -0.15) is 0 Å². The molecule has 23 heavy (non-hydrogen) atoms. The molecular weight excluding hydrogens is 308 g/mol. The van der Waals surface area contributed by atoms with Crippen LogP contribution in [-0.4, -0.2) is 35.8 Å². The molecule has 0 saturated heterocycles. The van der Waals surface area contributed by atoms with Crippen LogP contribution in [0.2, 0.25) is 0 Å². The second-order valence-corrected chi connectivity index (χ2v) is 6.49. The zero-order valence-corrected chi connectivity index (χ0v) is 14.5. The zero-order chi connectivity index (χ0) is 16.8. The zero-order valence-electron chi connectivity index (χ0n) is 13.7. The number of rotatable bonds is 6. The highest BCUT2D eigenvalue weighted by atomic mass is 32.1. The van der Waals surface area contributed by atoms with E-state index < -0.39 is 0 Å². The van der Waals surface area contributed by atoms with Crippen molar-refractivity contribution in [2.45, 2.75) is 26.8 Å². The Labute approximate surface area is 141 Å². The minimum Gasteiger partial charge on any atom is -0.352 e. The molecule has 0 spiro atoms. The number of nitrogens with zero attached hydrogens (tertiary/aromatic N) is 1. The van der Waals surface area contributed by atoms with Gasteiger partial charge in [-0.3, -0.25) is 9.59 Å². The van der Waals surface area contributed by atoms with Crippen LogP contribution in [0.15, 0.2) is 41.8 Å². The second kappa shape index (κ2) is 7.92. The van der Waals surface area contributed by atoms with Crippen molar-refractivity contribution in [1.29, 1.82) is 0 Å². The molecule has 1 N–H and O–H groups in total. The van der Waals surface area contributed by atoms with Crippen LogP contribution in [-0.2, 0) is 4.79 Å². The lowest BCUT2D eigenvalue weighted by atomic mass is 10.1. The Bertz CT molecular complexity index is 665. The molecule has 0 atom stereocenters. The van der Waals surface area contributed by atoms with Crippen molar-refractivity contribution >= 4 is 23.2 Å². The van der Waals surface area contributed by atoms with E-state index in [-0.39, 0.29) is 24.4 Å². The van der Waals surface area contributed by atoms with E-state index in [2.05, 4.69) is 5.32 Å². The summed E-state index contributed by atoms with van der Waals surface area (Å²) in [5, 5.41) is 4.74. The number of likely N-dealkylation sites (N-methyl/N-ethyl adjacent to an activating group) is 1. The van der Waals surface area contributed by atoms with Crippen molar-refractivity contribution in [2.24, 2.45) is 0 Å². The van der Waals surface area contributed by atoms with E-state index in [0.29, 0.717) is 11.4 Å². The summed E-state index contributed by atoms with van der Waals surface area (Å²) in [6, 6.07) is 11.9. The first-order chi connectivity index (χ1) is 11.0. The van der Waals surface area contributed by atoms with Gasteiger partial charge >= 0.3 is 0 Å². The van der Waals surface area contributed by atoms with Gasteiger partial charge in [-0.15, -0.1) is 11.3 Å². The number of carbonyl (C=O) groups excluding carboxylic acids is 2. The Kier molecular flexibility index (Phi) is 5.93. The van der Waals surface area contributed by atoms with Crippen LogP contribution in [0, 0.1) is 0 Å². The van der Waals surface area contributed by atoms with Crippen molar-refractivity contribution in [3.63, 3.8) is 0 Å². The summed E-state index contributed by atoms with van der Waals surface area (Å²) >= 11 is 1.41. The van der Waals surface area contributed by atoms with Crippen LogP contribution >= 0.6 is 11.3 Å². The maximum absolute atomic E-state index is 12.8. The van der Waals surface area contributed by atoms with Crippen LogP contribution in [0.1, 0.15) is 30.4 Å². The van der Waals surface area contributed by atoms with Crippen molar-refractivity contribution in [3.8, 4) is 11.1 Å². The molecule has 0 bridgehead atoms. The van der Waals surface area contributed by atoms with Crippen LogP contribution in [0.3, 0.4) is 0 Å². The maximum Gasteiger partial charge on any atom is 0.265 e. The summed E-state index contributed by atoms with van der Waals surface area (Å²) in [5.74, 6) is -0.228. The third kappa shape index (κ3) is 4.42. The standard InChI is InChI=1S/C18H22N2O2S/c1-4-20(12-16(21)19-13(2)3)18(22)17-15(10-11-23-17)14-8-6-5-7-9-14/h5-11,13H,4,12H2,1-3H3,(H,19,21). The van der Waals surface area contributed by atoms with Crippen LogP contribution in [0.5, 0.6) is 0 Å². The molecule has 2 aromatic rings. The minimum absolute atomic E-state index is 0.0675. The van der Waals surface area contributed by atoms with Crippen LogP contribution < -0.4 is 5.32 Å². The van der Waals surface area contributed by atoms with Crippen molar-refractivity contribution in [1.82, 2.24) is 10.2 Å². The van der Waals surface area contributed by atoms with Gasteiger partial charge in [0.2, 0.25) is 5.91 Å². The maximum atomic E-state index is 12.8. The summed E-state index contributed by atoms with van der Waals surface area (Å²) < 4.78 is 0. The largest absolute Gasteiger partial charge is 0.352 e. The van der Waals surface area contributed by atoms with Gasteiger partial charge in [0.1, 0.15) is 0 Å². The minimum atomic E-state index is -0.131. The highest BCUT2D eigenvalue weighted by Gasteiger charge is 2.22. The first kappa shape index (κ1) is 17.2. The van der Waals surface area contributed by atoms with Gasteiger partial charge in [0.25, 0.3) is 5.91 Å². The van der Waals surface area contributed by atoms with E-state index in [9.17, 15) is 9.59 Å². The molecule has 0 fully saturated rings. The molecular formula is C18H22N2O2S. The fourth-order valence-corrected chi connectivity index (χ4v) is 3.21. The average molecular weight is 330 g/mol. The highest BCUT2D eigenvalue weighted by Crippen LogP contribution is 2.29.